The molecule has 0 spiro atoms. The molecule has 0 aromatic rings. The first-order chi connectivity index (χ1) is 6.10. The van der Waals surface area contributed by atoms with Crippen LogP contribution in [0.3, 0.4) is 0 Å². The predicted molar refractivity (Wildman–Crippen MR) is 60.3 cm³/mol. The summed E-state index contributed by atoms with van der Waals surface area (Å²) in [6.07, 6.45) is 6.84. The number of nitrogens with one attached hydrogen (secondary N) is 1. The van der Waals surface area contributed by atoms with Crippen molar-refractivity contribution in [1.82, 2.24) is 5.32 Å². The van der Waals surface area contributed by atoms with Gasteiger partial charge in [0, 0.05) is 11.4 Å². The summed E-state index contributed by atoms with van der Waals surface area (Å²) in [5.74, 6) is 0. The summed E-state index contributed by atoms with van der Waals surface area (Å²) in [5.41, 5.74) is 3.30. The summed E-state index contributed by atoms with van der Waals surface area (Å²) in [5, 5.41) is 3.20. The van der Waals surface area contributed by atoms with Crippen LogP contribution >= 0.6 is 0 Å². The van der Waals surface area contributed by atoms with E-state index in [4.69, 9.17) is 0 Å². The van der Waals surface area contributed by atoms with Crippen LogP contribution in [0, 0.1) is 0 Å². The van der Waals surface area contributed by atoms with Gasteiger partial charge in [-0.05, 0) is 26.3 Å². The van der Waals surface area contributed by atoms with Gasteiger partial charge in [0.15, 0.2) is 0 Å². The first kappa shape index (κ1) is 11.8. The van der Waals surface area contributed by atoms with E-state index in [0.717, 1.165) is 23.4 Å². The van der Waals surface area contributed by atoms with Crippen LogP contribution in [0.5, 0.6) is 0 Å². The second-order valence-corrected chi connectivity index (χ2v) is 3.05. The third kappa shape index (κ3) is 5.97. The Hall–Kier alpha value is -1.24. The Balaban J connectivity index is 4.17. The Morgan fingerprint density at radius 1 is 1.31 bits per heavy atom. The van der Waals surface area contributed by atoms with Crippen LogP contribution in [-0.4, -0.2) is 0 Å². The van der Waals surface area contributed by atoms with Gasteiger partial charge in [0.1, 0.15) is 0 Å². The fourth-order valence-electron chi connectivity index (χ4n) is 0.733. The van der Waals surface area contributed by atoms with Gasteiger partial charge in [-0.2, -0.15) is 0 Å². The molecule has 0 atom stereocenters. The number of hydrogen-bond donors (Lipinski definition) is 1. The van der Waals surface area contributed by atoms with Crippen LogP contribution in [0.15, 0.2) is 48.4 Å². The van der Waals surface area contributed by atoms with Crippen molar-refractivity contribution < 1.29 is 0 Å². The van der Waals surface area contributed by atoms with Crippen molar-refractivity contribution in [1.29, 1.82) is 0 Å². The summed E-state index contributed by atoms with van der Waals surface area (Å²) in [6, 6.07) is 0. The summed E-state index contributed by atoms with van der Waals surface area (Å²) in [4.78, 5) is 0. The van der Waals surface area contributed by atoms with Gasteiger partial charge in [-0.1, -0.05) is 37.8 Å². The minimum absolute atomic E-state index is 0.954. The molecule has 0 aliphatic heterocycles. The van der Waals surface area contributed by atoms with E-state index in [1.165, 1.54) is 0 Å². The maximum Gasteiger partial charge on any atom is 0.0117 e. The molecule has 0 saturated heterocycles. The molecule has 0 bridgehead atoms. The second kappa shape index (κ2) is 6.30. The molecule has 0 unspecified atom stereocenters. The lowest BCUT2D eigenvalue weighted by molar-refractivity contribution is 0.898. The number of allylic oxidation sites excluding steroid dienone is 6. The molecule has 1 heteroatoms. The summed E-state index contributed by atoms with van der Waals surface area (Å²) < 4.78 is 0. The van der Waals surface area contributed by atoms with Crippen molar-refractivity contribution >= 4 is 0 Å². The highest BCUT2D eigenvalue weighted by molar-refractivity contribution is 5.22. The second-order valence-electron chi connectivity index (χ2n) is 3.05. The van der Waals surface area contributed by atoms with Gasteiger partial charge < -0.3 is 5.32 Å². The highest BCUT2D eigenvalue weighted by Crippen LogP contribution is 1.99. The Labute approximate surface area is 81.5 Å². The van der Waals surface area contributed by atoms with Crippen molar-refractivity contribution in [2.75, 3.05) is 0 Å². The van der Waals surface area contributed by atoms with Gasteiger partial charge in [0.05, 0.1) is 0 Å². The van der Waals surface area contributed by atoms with Gasteiger partial charge in [-0.25, -0.2) is 0 Å². The van der Waals surface area contributed by atoms with Gasteiger partial charge in [-0.3, -0.25) is 0 Å². The molecule has 72 valence electrons. The normalized spacial score (nSPS) is 12.5. The van der Waals surface area contributed by atoms with E-state index < -0.39 is 0 Å². The topological polar surface area (TPSA) is 12.0 Å². The minimum Gasteiger partial charge on any atom is -0.363 e. The van der Waals surface area contributed by atoms with Crippen LogP contribution in [-0.2, 0) is 0 Å². The van der Waals surface area contributed by atoms with Crippen LogP contribution in [0.25, 0.3) is 0 Å². The van der Waals surface area contributed by atoms with Gasteiger partial charge in [-0.15, -0.1) is 0 Å². The van der Waals surface area contributed by atoms with E-state index in [1.54, 1.807) is 0 Å². The third-order valence-corrected chi connectivity index (χ3v) is 1.72. The van der Waals surface area contributed by atoms with E-state index >= 15 is 0 Å². The van der Waals surface area contributed by atoms with Crippen molar-refractivity contribution in [2.24, 2.45) is 0 Å². The molecule has 0 aromatic carbocycles. The highest BCUT2D eigenvalue weighted by atomic mass is 14.9. The van der Waals surface area contributed by atoms with E-state index in [9.17, 15) is 0 Å². The lowest BCUT2D eigenvalue weighted by Crippen LogP contribution is -2.08. The van der Waals surface area contributed by atoms with Crippen LogP contribution < -0.4 is 5.32 Å². The quantitative estimate of drug-likeness (QED) is 0.633. The summed E-state index contributed by atoms with van der Waals surface area (Å²) >= 11 is 0. The van der Waals surface area contributed by atoms with Crippen molar-refractivity contribution in [3.05, 3.63) is 48.4 Å². The number of hydrogen-bond acceptors (Lipinski definition) is 1. The molecular formula is C12H19N. The zero-order chi connectivity index (χ0) is 10.3. The Kier molecular flexibility index (Phi) is 5.69. The van der Waals surface area contributed by atoms with Crippen molar-refractivity contribution in [3.63, 3.8) is 0 Å². The predicted octanol–water partition coefficient (Wildman–Crippen LogP) is 3.54. The molecule has 0 rings (SSSR count). The molecule has 0 aliphatic rings. The van der Waals surface area contributed by atoms with E-state index in [-0.39, 0.29) is 0 Å². The molecule has 1 N–H and O–H groups in total. The Bertz CT molecular complexity index is 244. The molecule has 0 amide bonds. The lowest BCUT2D eigenvalue weighted by atomic mass is 10.2. The van der Waals surface area contributed by atoms with Gasteiger partial charge in [0.2, 0.25) is 0 Å². The SMILES string of the molecule is C=C/C(C)=C\C=C(/C)NC(=C)CC. The largest absolute Gasteiger partial charge is 0.363 e. The fraction of sp³-hybridized carbons (Fsp3) is 0.333. The zero-order valence-electron chi connectivity index (χ0n) is 8.85. The molecule has 0 aliphatic carbocycles. The van der Waals surface area contributed by atoms with Crippen LogP contribution in [0.4, 0.5) is 0 Å². The van der Waals surface area contributed by atoms with E-state index in [2.05, 4.69) is 25.4 Å². The molecule has 1 nitrogen and oxygen atoms in total. The minimum atomic E-state index is 0.954. The molecular weight excluding hydrogens is 158 g/mol. The smallest absolute Gasteiger partial charge is 0.0117 e. The van der Waals surface area contributed by atoms with Crippen LogP contribution in [0.2, 0.25) is 0 Å². The maximum absolute atomic E-state index is 3.87. The Morgan fingerprint density at radius 3 is 2.38 bits per heavy atom. The summed E-state index contributed by atoms with van der Waals surface area (Å²) in [7, 11) is 0. The Morgan fingerprint density at radius 2 is 1.92 bits per heavy atom. The van der Waals surface area contributed by atoms with Gasteiger partial charge >= 0.3 is 0 Å². The average molecular weight is 177 g/mol. The van der Waals surface area contributed by atoms with Gasteiger partial charge in [0.25, 0.3) is 0 Å². The highest BCUT2D eigenvalue weighted by Gasteiger charge is 1.88. The van der Waals surface area contributed by atoms with E-state index in [1.807, 2.05) is 32.1 Å². The first-order valence-electron chi connectivity index (χ1n) is 4.52. The number of rotatable bonds is 5. The standard InChI is InChI=1S/C12H19N/c1-6-10(3)8-9-12(5)13-11(4)7-2/h6,8-9,13H,1,4,7H2,2-3,5H3/b10-8-,12-9+. The molecule has 0 radical (unpaired) electrons. The maximum atomic E-state index is 3.87. The zero-order valence-corrected chi connectivity index (χ0v) is 8.85. The molecule has 0 fully saturated rings. The monoisotopic (exact) mass is 177 g/mol. The lowest BCUT2D eigenvalue weighted by Gasteiger charge is -2.06. The van der Waals surface area contributed by atoms with E-state index in [0.29, 0.717) is 0 Å². The molecule has 13 heavy (non-hydrogen) atoms. The van der Waals surface area contributed by atoms with Crippen LogP contribution in [0.1, 0.15) is 27.2 Å². The first-order valence-corrected chi connectivity index (χ1v) is 4.52. The summed E-state index contributed by atoms with van der Waals surface area (Å²) in [6.45, 7) is 13.7. The molecule has 0 aromatic heterocycles. The average Bonchev–Trinajstić information content (AvgIpc) is 2.13. The molecule has 0 saturated carbocycles. The molecule has 0 heterocycles. The third-order valence-electron chi connectivity index (χ3n) is 1.72. The van der Waals surface area contributed by atoms with Crippen molar-refractivity contribution in [2.45, 2.75) is 27.2 Å². The van der Waals surface area contributed by atoms with Crippen molar-refractivity contribution in [3.8, 4) is 0 Å². The fourth-order valence-corrected chi connectivity index (χ4v) is 0.733.